The zero-order chi connectivity index (χ0) is 13.9. The van der Waals surface area contributed by atoms with Crippen LogP contribution in [0.15, 0.2) is 6.20 Å². The molecule has 3 rings (SSSR count). The first-order valence-electron chi connectivity index (χ1n) is 7.07. The van der Waals surface area contributed by atoms with Crippen LogP contribution >= 0.6 is 11.3 Å². The van der Waals surface area contributed by atoms with Crippen molar-refractivity contribution in [3.63, 3.8) is 0 Å². The average Bonchev–Trinajstić information content (AvgIpc) is 2.94. The van der Waals surface area contributed by atoms with Gasteiger partial charge in [0.2, 0.25) is 4.96 Å². The zero-order valence-corrected chi connectivity index (χ0v) is 12.4. The van der Waals surface area contributed by atoms with Gasteiger partial charge in [0.05, 0.1) is 18.4 Å². The number of aromatic nitrogens is 3. The summed E-state index contributed by atoms with van der Waals surface area (Å²) in [6, 6.07) is 0.232. The van der Waals surface area contributed by atoms with Gasteiger partial charge in [-0.3, -0.25) is 0 Å². The maximum absolute atomic E-state index is 11.8. The molecule has 2 aromatic rings. The molecule has 0 saturated heterocycles. The van der Waals surface area contributed by atoms with E-state index in [9.17, 15) is 4.79 Å². The normalized spacial score (nSPS) is 16.4. The number of urea groups is 1. The highest BCUT2D eigenvalue weighted by molar-refractivity contribution is 7.16. The lowest BCUT2D eigenvalue weighted by molar-refractivity contribution is 0.232. The largest absolute Gasteiger partial charge is 0.335 e. The maximum atomic E-state index is 11.8. The Balaban J connectivity index is 1.50. The number of nitrogens with zero attached hydrogens (tertiary/aromatic N) is 3. The van der Waals surface area contributed by atoms with Gasteiger partial charge in [0.1, 0.15) is 5.01 Å². The molecule has 108 valence electrons. The van der Waals surface area contributed by atoms with Crippen molar-refractivity contribution in [1.82, 2.24) is 25.2 Å². The summed E-state index contributed by atoms with van der Waals surface area (Å²) in [5, 5.41) is 11.2. The first kappa shape index (κ1) is 13.4. The molecule has 1 saturated carbocycles. The van der Waals surface area contributed by atoms with Crippen molar-refractivity contribution in [3.05, 3.63) is 16.9 Å². The number of aryl methyl sites for hydroxylation is 1. The number of hydrogen-bond acceptors (Lipinski definition) is 4. The Morgan fingerprint density at radius 1 is 1.45 bits per heavy atom. The number of nitrogens with one attached hydrogen (secondary N) is 2. The summed E-state index contributed by atoms with van der Waals surface area (Å²) in [6.07, 6.45) is 7.77. The Bertz CT molecular complexity index is 567. The fourth-order valence-electron chi connectivity index (χ4n) is 2.58. The monoisotopic (exact) mass is 293 g/mol. The van der Waals surface area contributed by atoms with Gasteiger partial charge in [0.25, 0.3) is 0 Å². The van der Waals surface area contributed by atoms with Gasteiger partial charge in [0, 0.05) is 6.04 Å². The van der Waals surface area contributed by atoms with Crippen molar-refractivity contribution >= 4 is 22.3 Å². The quantitative estimate of drug-likeness (QED) is 0.911. The van der Waals surface area contributed by atoms with Gasteiger partial charge in [-0.05, 0) is 19.8 Å². The third-order valence-corrected chi connectivity index (χ3v) is 4.40. The minimum atomic E-state index is -0.0996. The van der Waals surface area contributed by atoms with Crippen LogP contribution in [-0.2, 0) is 6.54 Å². The SMILES string of the molecule is Cc1nn2cc(CNC(=O)NC3CCCCC3)nc2s1. The van der Waals surface area contributed by atoms with Gasteiger partial charge in [-0.15, -0.1) is 0 Å². The molecule has 0 unspecified atom stereocenters. The molecule has 2 heterocycles. The van der Waals surface area contributed by atoms with E-state index in [0.717, 1.165) is 28.5 Å². The van der Waals surface area contributed by atoms with Crippen LogP contribution in [-0.4, -0.2) is 26.7 Å². The third-order valence-electron chi connectivity index (χ3n) is 3.56. The van der Waals surface area contributed by atoms with E-state index in [4.69, 9.17) is 0 Å². The van der Waals surface area contributed by atoms with Gasteiger partial charge >= 0.3 is 6.03 Å². The molecule has 2 amide bonds. The average molecular weight is 293 g/mol. The number of carbonyl (C=O) groups is 1. The Kier molecular flexibility index (Phi) is 3.86. The van der Waals surface area contributed by atoms with Gasteiger partial charge in [-0.2, -0.15) is 5.10 Å². The molecule has 0 radical (unpaired) electrons. The molecule has 0 spiro atoms. The van der Waals surface area contributed by atoms with Crippen molar-refractivity contribution in [3.8, 4) is 0 Å². The molecular weight excluding hydrogens is 274 g/mol. The Labute approximate surface area is 121 Å². The molecule has 2 aromatic heterocycles. The predicted molar refractivity (Wildman–Crippen MR) is 77.8 cm³/mol. The van der Waals surface area contributed by atoms with Crippen LogP contribution in [0.3, 0.4) is 0 Å². The van der Waals surface area contributed by atoms with E-state index in [1.165, 1.54) is 19.3 Å². The number of hydrogen-bond donors (Lipinski definition) is 2. The minimum absolute atomic E-state index is 0.0996. The Morgan fingerprint density at radius 2 is 2.25 bits per heavy atom. The van der Waals surface area contributed by atoms with E-state index in [-0.39, 0.29) is 6.03 Å². The first-order valence-corrected chi connectivity index (χ1v) is 7.88. The molecule has 7 heteroatoms. The van der Waals surface area contributed by atoms with Crippen LogP contribution in [0, 0.1) is 6.92 Å². The van der Waals surface area contributed by atoms with E-state index < -0.39 is 0 Å². The van der Waals surface area contributed by atoms with E-state index >= 15 is 0 Å². The predicted octanol–water partition coefficient (Wildman–Crippen LogP) is 2.23. The first-order chi connectivity index (χ1) is 9.70. The summed E-state index contributed by atoms with van der Waals surface area (Å²) in [4.78, 5) is 17.1. The summed E-state index contributed by atoms with van der Waals surface area (Å²) in [7, 11) is 0. The molecule has 1 aliphatic carbocycles. The molecule has 6 nitrogen and oxygen atoms in total. The van der Waals surface area contributed by atoms with Crippen LogP contribution in [0.25, 0.3) is 4.96 Å². The fraction of sp³-hybridized carbons (Fsp3) is 0.615. The number of amides is 2. The van der Waals surface area contributed by atoms with Crippen LogP contribution < -0.4 is 10.6 Å². The second-order valence-electron chi connectivity index (χ2n) is 5.24. The lowest BCUT2D eigenvalue weighted by Crippen LogP contribution is -2.42. The lowest BCUT2D eigenvalue weighted by atomic mass is 9.96. The van der Waals surface area contributed by atoms with Gasteiger partial charge in [0.15, 0.2) is 0 Å². The topological polar surface area (TPSA) is 71.3 Å². The highest BCUT2D eigenvalue weighted by Crippen LogP contribution is 2.17. The molecule has 20 heavy (non-hydrogen) atoms. The Morgan fingerprint density at radius 3 is 3.00 bits per heavy atom. The standard InChI is InChI=1S/C13H19N5OS/c1-9-17-18-8-11(16-13(18)20-9)7-14-12(19)15-10-5-3-2-4-6-10/h8,10H,2-7H2,1H3,(H2,14,15,19). The van der Waals surface area contributed by atoms with Crippen LogP contribution in [0.2, 0.25) is 0 Å². The van der Waals surface area contributed by atoms with Crippen molar-refractivity contribution in [2.75, 3.05) is 0 Å². The van der Waals surface area contributed by atoms with E-state index in [1.54, 1.807) is 15.9 Å². The number of carbonyl (C=O) groups excluding carboxylic acids is 1. The highest BCUT2D eigenvalue weighted by atomic mass is 32.1. The molecule has 0 bridgehead atoms. The second kappa shape index (κ2) is 5.78. The maximum Gasteiger partial charge on any atom is 0.315 e. The molecule has 1 fully saturated rings. The van der Waals surface area contributed by atoms with E-state index in [1.807, 2.05) is 13.1 Å². The highest BCUT2D eigenvalue weighted by Gasteiger charge is 2.15. The van der Waals surface area contributed by atoms with Crippen LogP contribution in [0.4, 0.5) is 4.79 Å². The summed E-state index contributed by atoms with van der Waals surface area (Å²) < 4.78 is 1.76. The summed E-state index contributed by atoms with van der Waals surface area (Å²) in [5.41, 5.74) is 0.836. The molecule has 2 N–H and O–H groups in total. The minimum Gasteiger partial charge on any atom is -0.335 e. The molecule has 0 aromatic carbocycles. The van der Waals surface area contributed by atoms with Crippen molar-refractivity contribution in [1.29, 1.82) is 0 Å². The molecule has 1 aliphatic rings. The zero-order valence-electron chi connectivity index (χ0n) is 11.6. The summed E-state index contributed by atoms with van der Waals surface area (Å²) in [6.45, 7) is 2.39. The smallest absolute Gasteiger partial charge is 0.315 e. The van der Waals surface area contributed by atoms with E-state index in [0.29, 0.717) is 12.6 Å². The number of imidazole rings is 1. The molecular formula is C13H19N5OS. The summed E-state index contributed by atoms with van der Waals surface area (Å²) >= 11 is 1.55. The van der Waals surface area contributed by atoms with Crippen molar-refractivity contribution in [2.24, 2.45) is 0 Å². The molecule has 0 aliphatic heterocycles. The van der Waals surface area contributed by atoms with Crippen LogP contribution in [0.5, 0.6) is 0 Å². The van der Waals surface area contributed by atoms with E-state index in [2.05, 4.69) is 20.7 Å². The fourth-order valence-corrected chi connectivity index (χ4v) is 3.33. The Hall–Kier alpha value is -1.63. The lowest BCUT2D eigenvalue weighted by Gasteiger charge is -2.22. The van der Waals surface area contributed by atoms with Crippen LogP contribution in [0.1, 0.15) is 42.8 Å². The third kappa shape index (κ3) is 3.09. The van der Waals surface area contributed by atoms with Crippen molar-refractivity contribution < 1.29 is 4.79 Å². The van der Waals surface area contributed by atoms with Gasteiger partial charge in [-0.25, -0.2) is 14.3 Å². The number of fused-ring (bicyclic) bond motifs is 1. The molecule has 0 atom stereocenters. The summed E-state index contributed by atoms with van der Waals surface area (Å²) in [5.74, 6) is 0. The van der Waals surface area contributed by atoms with Crippen molar-refractivity contribution in [2.45, 2.75) is 51.6 Å². The van der Waals surface area contributed by atoms with Gasteiger partial charge in [-0.1, -0.05) is 30.6 Å². The second-order valence-corrected chi connectivity index (χ2v) is 6.40. The van der Waals surface area contributed by atoms with Gasteiger partial charge < -0.3 is 10.6 Å². The number of rotatable bonds is 3.